The van der Waals surface area contributed by atoms with Gasteiger partial charge in [-0.15, -0.1) is 0 Å². The van der Waals surface area contributed by atoms with Gasteiger partial charge in [-0.3, -0.25) is 4.79 Å². The third-order valence-electron chi connectivity index (χ3n) is 16.6. The molecule has 5 aliphatic rings. The number of benzene rings is 2. The van der Waals surface area contributed by atoms with Crippen LogP contribution in [0.15, 0.2) is 66.7 Å². The number of aromatic amines is 1. The first-order valence-electron chi connectivity index (χ1n) is 19.5. The van der Waals surface area contributed by atoms with Crippen molar-refractivity contribution in [3.8, 4) is 0 Å². The zero-order valence-electron chi connectivity index (χ0n) is 31.0. The van der Waals surface area contributed by atoms with Crippen LogP contribution in [0.4, 0.5) is 0 Å². The topological polar surface area (TPSA) is 65.1 Å². The molecule has 10 atom stereocenters. The third kappa shape index (κ3) is 4.54. The summed E-state index contributed by atoms with van der Waals surface area (Å²) in [4.78, 5) is 18.6. The van der Waals surface area contributed by atoms with Gasteiger partial charge in [-0.1, -0.05) is 95.3 Å². The minimum atomic E-state index is -0.381. The summed E-state index contributed by atoms with van der Waals surface area (Å²) >= 11 is 0. The zero-order valence-corrected chi connectivity index (χ0v) is 31.0. The molecule has 0 bridgehead atoms. The molecular weight excluding hydrogens is 601 g/mol. The molecule has 49 heavy (non-hydrogen) atoms. The molecule has 1 heterocycles. The van der Waals surface area contributed by atoms with Gasteiger partial charge in [-0.25, -0.2) is 0 Å². The van der Waals surface area contributed by atoms with Crippen LogP contribution in [0.1, 0.15) is 110 Å². The van der Waals surface area contributed by atoms with E-state index in [0.717, 1.165) is 37.7 Å². The molecule has 1 aromatic heterocycles. The van der Waals surface area contributed by atoms with E-state index < -0.39 is 0 Å². The van der Waals surface area contributed by atoms with Crippen molar-refractivity contribution >= 4 is 16.8 Å². The Kier molecular flexibility index (Phi) is 7.70. The van der Waals surface area contributed by atoms with Crippen molar-refractivity contribution in [1.82, 2.24) is 10.3 Å². The Morgan fingerprint density at radius 1 is 0.898 bits per heavy atom. The molecule has 0 radical (unpaired) electrons. The van der Waals surface area contributed by atoms with Crippen LogP contribution in [0, 0.1) is 51.2 Å². The van der Waals surface area contributed by atoms with Crippen molar-refractivity contribution in [3.05, 3.63) is 83.6 Å². The van der Waals surface area contributed by atoms with Crippen molar-refractivity contribution in [2.45, 2.75) is 117 Å². The first-order chi connectivity index (χ1) is 23.3. The maximum absolute atomic E-state index is 14.7. The highest BCUT2D eigenvalue weighted by molar-refractivity contribution is 5.86. The number of amides is 1. The number of carbonyl (C=O) groups excluding carboxylic acids is 1. The molecule has 0 spiro atoms. The zero-order chi connectivity index (χ0) is 34.6. The van der Waals surface area contributed by atoms with Crippen molar-refractivity contribution in [2.24, 2.45) is 51.2 Å². The SMILES string of the molecule is C=C(C)[C@@H]1CC[C@]2(C(=O)N[C@H](CO)Cc3ccccc3)CC[C@]3(C)[C@H](CC[C@@H]4[C@@]5(C)Cc6c([nH]c7ccccc67)C(C)(C)[C@@H]5CC[C@]43C)[C@@H]12. The molecule has 0 aliphatic heterocycles. The molecule has 5 aliphatic carbocycles. The fourth-order valence-corrected chi connectivity index (χ4v) is 14.2. The Morgan fingerprint density at radius 2 is 1.63 bits per heavy atom. The number of nitrogens with one attached hydrogen (secondary N) is 2. The average molecular weight is 661 g/mol. The van der Waals surface area contributed by atoms with Gasteiger partial charge in [0.05, 0.1) is 18.1 Å². The lowest BCUT2D eigenvalue weighted by molar-refractivity contribution is -0.225. The second-order valence-corrected chi connectivity index (χ2v) is 18.8. The second kappa shape index (κ2) is 11.3. The molecule has 3 aromatic rings. The van der Waals surface area contributed by atoms with Crippen LogP contribution in [0.3, 0.4) is 0 Å². The van der Waals surface area contributed by atoms with Gasteiger partial charge >= 0.3 is 0 Å². The summed E-state index contributed by atoms with van der Waals surface area (Å²) in [5.41, 5.74) is 7.09. The highest BCUT2D eigenvalue weighted by Gasteiger charge is 2.72. The van der Waals surface area contributed by atoms with Crippen LogP contribution in [0.5, 0.6) is 0 Å². The van der Waals surface area contributed by atoms with E-state index in [4.69, 9.17) is 0 Å². The van der Waals surface area contributed by atoms with E-state index in [2.05, 4.69) is 94.8 Å². The van der Waals surface area contributed by atoms with Gasteiger partial charge in [0.1, 0.15) is 0 Å². The molecule has 3 N–H and O–H groups in total. The number of rotatable bonds is 6. The largest absolute Gasteiger partial charge is 0.394 e. The van der Waals surface area contributed by atoms with E-state index >= 15 is 0 Å². The number of carbonyl (C=O) groups is 1. The number of fused-ring (bicyclic) bond motifs is 10. The third-order valence-corrected chi connectivity index (χ3v) is 16.6. The molecule has 4 nitrogen and oxygen atoms in total. The molecule has 0 unspecified atom stereocenters. The number of aliphatic hydroxyl groups excluding tert-OH is 1. The first kappa shape index (κ1) is 33.3. The highest BCUT2D eigenvalue weighted by atomic mass is 16.3. The lowest BCUT2D eigenvalue weighted by Crippen LogP contribution is -2.67. The quantitative estimate of drug-likeness (QED) is 0.231. The molecule has 4 saturated carbocycles. The van der Waals surface area contributed by atoms with Crippen molar-refractivity contribution in [3.63, 3.8) is 0 Å². The minimum Gasteiger partial charge on any atom is -0.394 e. The number of allylic oxidation sites excluding steroid dienone is 1. The monoisotopic (exact) mass is 660 g/mol. The minimum absolute atomic E-state index is 0.0412. The predicted octanol–water partition coefficient (Wildman–Crippen LogP) is 9.56. The number of H-pyrrole nitrogens is 1. The fraction of sp³-hybridized carbons (Fsp3) is 0.622. The summed E-state index contributed by atoms with van der Waals surface area (Å²) in [5, 5.41) is 15.3. The Bertz CT molecular complexity index is 1770. The summed E-state index contributed by atoms with van der Waals surface area (Å²) < 4.78 is 0. The van der Waals surface area contributed by atoms with Crippen LogP contribution in [0.2, 0.25) is 0 Å². The van der Waals surface area contributed by atoms with E-state index in [-0.39, 0.29) is 45.6 Å². The van der Waals surface area contributed by atoms with Gasteiger partial charge in [-0.05, 0) is 134 Å². The van der Waals surface area contributed by atoms with E-state index in [1.807, 2.05) is 18.2 Å². The van der Waals surface area contributed by atoms with Crippen LogP contribution in [0.25, 0.3) is 10.9 Å². The Labute approximate surface area is 294 Å². The number of hydrogen-bond acceptors (Lipinski definition) is 2. The Balaban J connectivity index is 1.14. The highest BCUT2D eigenvalue weighted by Crippen LogP contribution is 2.77. The van der Waals surface area contributed by atoms with Gasteiger partial charge in [-0.2, -0.15) is 0 Å². The molecule has 2 aromatic carbocycles. The number of hydrogen-bond donors (Lipinski definition) is 3. The maximum atomic E-state index is 14.7. The van der Waals surface area contributed by atoms with Crippen molar-refractivity contribution in [1.29, 1.82) is 0 Å². The summed E-state index contributed by atoms with van der Waals surface area (Å²) in [6.07, 6.45) is 10.9. The van der Waals surface area contributed by atoms with Gasteiger partial charge in [0.25, 0.3) is 0 Å². The molecule has 4 heteroatoms. The normalized spacial score (nSPS) is 39.5. The molecule has 1 amide bonds. The summed E-state index contributed by atoms with van der Waals surface area (Å²) in [5.74, 6) is 2.68. The van der Waals surface area contributed by atoms with Gasteiger partial charge < -0.3 is 15.4 Å². The molecular formula is C45H60N2O2. The van der Waals surface area contributed by atoms with Gasteiger partial charge in [0.2, 0.25) is 5.91 Å². The van der Waals surface area contributed by atoms with Crippen LogP contribution < -0.4 is 5.32 Å². The standard InChI is InChI=1S/C45H60N2O2/c1-28(2)31-19-22-45(40(49)46-30(27-48)25-29-13-9-8-10-14-29)24-23-43(6)34(38(31)45)17-18-37-42(5)26-33-32-15-11-12-16-35(32)47-39(33)41(3,4)36(42)20-21-44(37,43)7/h8-16,30-31,34,36-38,47-48H,1,17-27H2,2-7H3,(H,46,49)/t30-,31-,34+,36-,37+,38+,42-,43+,44+,45-/m0/s1. The van der Waals surface area contributed by atoms with Crippen LogP contribution in [-0.4, -0.2) is 28.6 Å². The number of para-hydroxylation sites is 1. The number of aromatic nitrogens is 1. The lowest BCUT2D eigenvalue weighted by Gasteiger charge is -2.72. The summed E-state index contributed by atoms with van der Waals surface area (Å²) in [7, 11) is 0. The first-order valence-corrected chi connectivity index (χ1v) is 19.5. The van der Waals surface area contributed by atoms with E-state index in [1.54, 1.807) is 5.56 Å². The molecule has 4 fully saturated rings. The van der Waals surface area contributed by atoms with Crippen LogP contribution in [-0.2, 0) is 23.1 Å². The Hall–Kier alpha value is -2.85. The smallest absolute Gasteiger partial charge is 0.226 e. The van der Waals surface area contributed by atoms with Crippen molar-refractivity contribution in [2.75, 3.05) is 6.61 Å². The van der Waals surface area contributed by atoms with Gasteiger partial charge in [0.15, 0.2) is 0 Å². The van der Waals surface area contributed by atoms with E-state index in [0.29, 0.717) is 36.0 Å². The fourth-order valence-electron chi connectivity index (χ4n) is 14.2. The number of aliphatic hydroxyl groups is 1. The maximum Gasteiger partial charge on any atom is 0.226 e. The summed E-state index contributed by atoms with van der Waals surface area (Å²) in [6, 6.07) is 19.0. The predicted molar refractivity (Wildman–Crippen MR) is 200 cm³/mol. The molecule has 8 rings (SSSR count). The van der Waals surface area contributed by atoms with E-state index in [1.165, 1.54) is 47.9 Å². The summed E-state index contributed by atoms with van der Waals surface area (Å²) in [6.45, 7) is 19.8. The molecule has 262 valence electrons. The van der Waals surface area contributed by atoms with Crippen LogP contribution >= 0.6 is 0 Å². The van der Waals surface area contributed by atoms with Gasteiger partial charge in [0, 0.05) is 22.0 Å². The Morgan fingerprint density at radius 3 is 2.37 bits per heavy atom. The molecule has 0 saturated heterocycles. The van der Waals surface area contributed by atoms with E-state index in [9.17, 15) is 9.90 Å². The second-order valence-electron chi connectivity index (χ2n) is 18.8. The average Bonchev–Trinajstić information content (AvgIpc) is 3.65. The lowest BCUT2D eigenvalue weighted by atomic mass is 9.32. The van der Waals surface area contributed by atoms with Crippen molar-refractivity contribution < 1.29 is 9.90 Å².